The second kappa shape index (κ2) is 5.52. The number of carbonyl (C=O) groups is 1. The highest BCUT2D eigenvalue weighted by atomic mass is 16.5. The van der Waals surface area contributed by atoms with Gasteiger partial charge in [0.25, 0.3) is 5.91 Å². The van der Waals surface area contributed by atoms with E-state index in [1.807, 2.05) is 0 Å². The Bertz CT molecular complexity index is 652. The quantitative estimate of drug-likeness (QED) is 0.751. The average molecular weight is 273 g/mol. The maximum Gasteiger partial charge on any atom is 0.259 e. The van der Waals surface area contributed by atoms with Crippen LogP contribution >= 0.6 is 0 Å². The monoisotopic (exact) mass is 273 g/mol. The number of methoxy groups -OCH3 is 1. The Hall–Kier alpha value is -2.69. The summed E-state index contributed by atoms with van der Waals surface area (Å²) in [5, 5.41) is 21.7. The number of anilines is 1. The number of benzene rings is 2. The van der Waals surface area contributed by atoms with Gasteiger partial charge in [0.1, 0.15) is 17.2 Å². The van der Waals surface area contributed by atoms with Gasteiger partial charge in [-0.25, -0.2) is 0 Å². The number of rotatable bonds is 3. The van der Waals surface area contributed by atoms with E-state index in [-0.39, 0.29) is 17.1 Å². The number of phenols is 2. The highest BCUT2D eigenvalue weighted by molar-refractivity contribution is 6.06. The lowest BCUT2D eigenvalue weighted by molar-refractivity contribution is 0.102. The van der Waals surface area contributed by atoms with Crippen LogP contribution in [0.2, 0.25) is 0 Å². The highest BCUT2D eigenvalue weighted by Gasteiger charge is 2.13. The van der Waals surface area contributed by atoms with Crippen molar-refractivity contribution in [2.75, 3.05) is 12.4 Å². The predicted molar refractivity (Wildman–Crippen MR) is 75.5 cm³/mol. The zero-order valence-electron chi connectivity index (χ0n) is 11.2. The molecule has 0 aliphatic carbocycles. The predicted octanol–water partition coefficient (Wildman–Crippen LogP) is 2.67. The molecule has 0 aliphatic heterocycles. The van der Waals surface area contributed by atoms with Gasteiger partial charge >= 0.3 is 0 Å². The Morgan fingerprint density at radius 2 is 1.90 bits per heavy atom. The minimum atomic E-state index is -0.449. The standard InChI is InChI=1S/C15H15NO4/c1-9-7-10(17)3-5-13(9)16-15(19)12-8-11(20-2)4-6-14(12)18/h3-8,17-18H,1-2H3,(H,16,19). The number of amides is 1. The molecule has 0 spiro atoms. The van der Waals surface area contributed by atoms with Crippen LogP contribution in [-0.2, 0) is 0 Å². The van der Waals surface area contributed by atoms with Gasteiger partial charge in [0.15, 0.2) is 0 Å². The van der Waals surface area contributed by atoms with E-state index in [9.17, 15) is 15.0 Å². The van der Waals surface area contributed by atoms with Gasteiger partial charge in [0, 0.05) is 5.69 Å². The molecule has 0 radical (unpaired) electrons. The number of phenolic OH excluding ortho intramolecular Hbond substituents is 2. The number of carbonyl (C=O) groups excluding carboxylic acids is 1. The zero-order valence-corrected chi connectivity index (χ0v) is 11.2. The summed E-state index contributed by atoms with van der Waals surface area (Å²) in [6.07, 6.45) is 0. The third-order valence-corrected chi connectivity index (χ3v) is 2.91. The molecule has 0 bridgehead atoms. The molecule has 0 saturated heterocycles. The summed E-state index contributed by atoms with van der Waals surface area (Å²) in [6.45, 7) is 1.76. The van der Waals surface area contributed by atoms with Crippen molar-refractivity contribution in [2.45, 2.75) is 6.92 Å². The van der Waals surface area contributed by atoms with Crippen LogP contribution in [-0.4, -0.2) is 23.2 Å². The number of ether oxygens (including phenoxy) is 1. The highest BCUT2D eigenvalue weighted by Crippen LogP contribution is 2.25. The molecule has 104 valence electrons. The maximum atomic E-state index is 12.2. The first-order chi connectivity index (χ1) is 9.51. The van der Waals surface area contributed by atoms with Crippen LogP contribution in [0.25, 0.3) is 0 Å². The van der Waals surface area contributed by atoms with E-state index in [4.69, 9.17) is 4.74 Å². The molecular formula is C15H15NO4. The number of nitrogens with one attached hydrogen (secondary N) is 1. The molecule has 0 aliphatic rings. The fraction of sp³-hybridized carbons (Fsp3) is 0.133. The maximum absolute atomic E-state index is 12.2. The van der Waals surface area contributed by atoms with Gasteiger partial charge in [-0.2, -0.15) is 0 Å². The SMILES string of the molecule is COc1ccc(O)c(C(=O)Nc2ccc(O)cc2C)c1. The molecule has 1 amide bonds. The van der Waals surface area contributed by atoms with Crippen molar-refractivity contribution in [3.05, 3.63) is 47.5 Å². The van der Waals surface area contributed by atoms with Crippen molar-refractivity contribution in [1.82, 2.24) is 0 Å². The first-order valence-corrected chi connectivity index (χ1v) is 5.99. The van der Waals surface area contributed by atoms with Crippen LogP contribution in [0.1, 0.15) is 15.9 Å². The lowest BCUT2D eigenvalue weighted by atomic mass is 10.1. The number of aromatic hydroxyl groups is 2. The van der Waals surface area contributed by atoms with Gasteiger partial charge in [-0.15, -0.1) is 0 Å². The van der Waals surface area contributed by atoms with Crippen molar-refractivity contribution in [3.63, 3.8) is 0 Å². The Morgan fingerprint density at radius 3 is 2.55 bits per heavy atom. The van der Waals surface area contributed by atoms with E-state index in [2.05, 4.69) is 5.32 Å². The topological polar surface area (TPSA) is 78.8 Å². The Morgan fingerprint density at radius 1 is 1.15 bits per heavy atom. The molecule has 20 heavy (non-hydrogen) atoms. The molecule has 5 heteroatoms. The summed E-state index contributed by atoms with van der Waals surface area (Å²) >= 11 is 0. The number of aryl methyl sites for hydroxylation is 1. The van der Waals surface area contributed by atoms with Gasteiger partial charge in [0.05, 0.1) is 12.7 Å². The van der Waals surface area contributed by atoms with E-state index in [0.717, 1.165) is 5.56 Å². The average Bonchev–Trinajstić information content (AvgIpc) is 2.42. The summed E-state index contributed by atoms with van der Waals surface area (Å²) in [5.74, 6) is 0.0371. The molecule has 2 aromatic carbocycles. The van der Waals surface area contributed by atoms with Crippen molar-refractivity contribution in [3.8, 4) is 17.2 Å². The van der Waals surface area contributed by atoms with Crippen molar-refractivity contribution < 1.29 is 19.7 Å². The molecule has 0 unspecified atom stereocenters. The molecule has 0 heterocycles. The van der Waals surface area contributed by atoms with Gasteiger partial charge in [0.2, 0.25) is 0 Å². The Labute approximate surface area is 116 Å². The fourth-order valence-corrected chi connectivity index (χ4v) is 1.80. The minimum Gasteiger partial charge on any atom is -0.508 e. The molecule has 0 saturated carbocycles. The minimum absolute atomic E-state index is 0.122. The van der Waals surface area contributed by atoms with Crippen molar-refractivity contribution in [1.29, 1.82) is 0 Å². The van der Waals surface area contributed by atoms with Gasteiger partial charge in [-0.05, 0) is 48.9 Å². The lowest BCUT2D eigenvalue weighted by Crippen LogP contribution is -2.13. The normalized spacial score (nSPS) is 10.1. The zero-order chi connectivity index (χ0) is 14.7. The summed E-state index contributed by atoms with van der Waals surface area (Å²) in [4.78, 5) is 12.2. The van der Waals surface area contributed by atoms with Crippen LogP contribution in [0.3, 0.4) is 0 Å². The molecule has 2 aromatic rings. The first kappa shape index (κ1) is 13.7. The van der Waals surface area contributed by atoms with E-state index in [0.29, 0.717) is 11.4 Å². The first-order valence-electron chi connectivity index (χ1n) is 5.99. The van der Waals surface area contributed by atoms with Crippen molar-refractivity contribution >= 4 is 11.6 Å². The van der Waals surface area contributed by atoms with Crippen LogP contribution in [0.4, 0.5) is 5.69 Å². The number of hydrogen-bond acceptors (Lipinski definition) is 4. The second-order valence-electron chi connectivity index (χ2n) is 4.34. The molecule has 2 rings (SSSR count). The smallest absolute Gasteiger partial charge is 0.259 e. The van der Waals surface area contributed by atoms with Gasteiger partial charge in [-0.1, -0.05) is 0 Å². The lowest BCUT2D eigenvalue weighted by Gasteiger charge is -2.10. The van der Waals surface area contributed by atoms with Crippen LogP contribution < -0.4 is 10.1 Å². The Kier molecular flexibility index (Phi) is 3.79. The molecule has 0 atom stereocenters. The van der Waals surface area contributed by atoms with E-state index in [1.165, 1.54) is 25.3 Å². The summed E-state index contributed by atoms with van der Waals surface area (Å²) < 4.78 is 5.03. The van der Waals surface area contributed by atoms with Crippen LogP contribution in [0.5, 0.6) is 17.2 Å². The summed E-state index contributed by atoms with van der Waals surface area (Å²) in [7, 11) is 1.48. The van der Waals surface area contributed by atoms with E-state index < -0.39 is 5.91 Å². The molecular weight excluding hydrogens is 258 g/mol. The summed E-state index contributed by atoms with van der Waals surface area (Å²) in [5.41, 5.74) is 1.41. The molecule has 0 aromatic heterocycles. The van der Waals surface area contributed by atoms with Gasteiger partial charge < -0.3 is 20.3 Å². The molecule has 5 nitrogen and oxygen atoms in total. The third-order valence-electron chi connectivity index (χ3n) is 2.91. The molecule has 0 fully saturated rings. The largest absolute Gasteiger partial charge is 0.508 e. The molecule has 3 N–H and O–H groups in total. The fourth-order valence-electron chi connectivity index (χ4n) is 1.80. The van der Waals surface area contributed by atoms with E-state index in [1.54, 1.807) is 25.1 Å². The van der Waals surface area contributed by atoms with Gasteiger partial charge in [-0.3, -0.25) is 4.79 Å². The van der Waals surface area contributed by atoms with Crippen LogP contribution in [0, 0.1) is 6.92 Å². The number of hydrogen-bond donors (Lipinski definition) is 3. The third kappa shape index (κ3) is 2.83. The van der Waals surface area contributed by atoms with E-state index >= 15 is 0 Å². The second-order valence-corrected chi connectivity index (χ2v) is 4.34. The Balaban J connectivity index is 2.28. The van der Waals surface area contributed by atoms with Crippen LogP contribution in [0.15, 0.2) is 36.4 Å². The summed E-state index contributed by atoms with van der Waals surface area (Å²) in [6, 6.07) is 9.05. The van der Waals surface area contributed by atoms with Crippen molar-refractivity contribution in [2.24, 2.45) is 0 Å².